The first-order chi connectivity index (χ1) is 7.40. The fourth-order valence-corrected chi connectivity index (χ4v) is 1.78. The molecule has 2 rings (SSSR count). The second-order valence-electron chi connectivity index (χ2n) is 3.74. The molecule has 2 aromatic carbocycles. The fraction of sp³-hybridized carbons (Fsp3) is 0.214. The van der Waals surface area contributed by atoms with Gasteiger partial charge in [-0.3, -0.25) is 0 Å². The average Bonchev–Trinajstić information content (AvgIpc) is 2.29. The predicted octanol–water partition coefficient (Wildman–Crippen LogP) is 3.36. The van der Waals surface area contributed by atoms with Crippen LogP contribution in [-0.2, 0) is 11.2 Å². The minimum absolute atomic E-state index is 0.660. The van der Waals surface area contributed by atoms with E-state index in [0.29, 0.717) is 6.42 Å². The van der Waals surface area contributed by atoms with E-state index in [1.54, 1.807) is 0 Å². The van der Waals surface area contributed by atoms with Crippen molar-refractivity contribution in [2.75, 3.05) is 0 Å². The lowest BCUT2D eigenvalue weighted by Gasteiger charge is -2.02. The van der Waals surface area contributed by atoms with E-state index in [1.165, 1.54) is 16.3 Å². The van der Waals surface area contributed by atoms with Gasteiger partial charge in [0, 0.05) is 6.42 Å². The summed E-state index contributed by atoms with van der Waals surface area (Å²) in [5.41, 5.74) is 1.32. The molecule has 0 spiro atoms. The molecule has 0 amide bonds. The van der Waals surface area contributed by atoms with E-state index in [0.717, 1.165) is 19.1 Å². The van der Waals surface area contributed by atoms with Crippen LogP contribution >= 0.6 is 0 Å². The number of benzene rings is 2. The van der Waals surface area contributed by atoms with Gasteiger partial charge in [-0.1, -0.05) is 42.5 Å². The number of rotatable bonds is 4. The van der Waals surface area contributed by atoms with Crippen LogP contribution in [0.3, 0.4) is 0 Å². The highest BCUT2D eigenvalue weighted by Gasteiger charge is 1.95. The topological polar surface area (TPSA) is 17.1 Å². The second kappa shape index (κ2) is 4.74. The molecule has 0 aliphatic carbocycles. The average molecular weight is 198 g/mol. The molecule has 0 aromatic heterocycles. The van der Waals surface area contributed by atoms with E-state index < -0.39 is 0 Å². The van der Waals surface area contributed by atoms with Crippen molar-refractivity contribution < 1.29 is 4.79 Å². The molecule has 0 heterocycles. The third-order valence-corrected chi connectivity index (χ3v) is 2.60. The molecule has 0 aliphatic heterocycles. The highest BCUT2D eigenvalue weighted by molar-refractivity contribution is 5.82. The maximum atomic E-state index is 10.2. The first kappa shape index (κ1) is 9.91. The van der Waals surface area contributed by atoms with Gasteiger partial charge in [0.2, 0.25) is 0 Å². The molecule has 0 saturated heterocycles. The number of fused-ring (bicyclic) bond motifs is 1. The molecule has 0 atom stereocenters. The Morgan fingerprint density at radius 3 is 2.60 bits per heavy atom. The molecule has 76 valence electrons. The van der Waals surface area contributed by atoms with Gasteiger partial charge in [0.05, 0.1) is 0 Å². The lowest BCUT2D eigenvalue weighted by Crippen LogP contribution is -1.86. The number of aryl methyl sites for hydroxylation is 1. The number of unbranched alkanes of at least 4 members (excludes halogenated alkanes) is 1. The maximum Gasteiger partial charge on any atom is 0.120 e. The third kappa shape index (κ3) is 2.44. The zero-order valence-electron chi connectivity index (χ0n) is 8.65. The molecule has 0 N–H and O–H groups in total. The van der Waals surface area contributed by atoms with Crippen molar-refractivity contribution in [1.29, 1.82) is 0 Å². The molecule has 0 bridgehead atoms. The molecule has 0 unspecified atom stereocenters. The zero-order valence-corrected chi connectivity index (χ0v) is 8.65. The summed E-state index contributed by atoms with van der Waals surface area (Å²) in [7, 11) is 0. The molecule has 15 heavy (non-hydrogen) atoms. The summed E-state index contributed by atoms with van der Waals surface area (Å²) in [6, 6.07) is 14.8. The van der Waals surface area contributed by atoms with E-state index in [2.05, 4.69) is 36.4 Å². The van der Waals surface area contributed by atoms with Crippen LogP contribution in [0.1, 0.15) is 18.4 Å². The van der Waals surface area contributed by atoms with Gasteiger partial charge in [-0.05, 0) is 29.2 Å². The van der Waals surface area contributed by atoms with Gasteiger partial charge in [-0.25, -0.2) is 0 Å². The third-order valence-electron chi connectivity index (χ3n) is 2.60. The summed E-state index contributed by atoms with van der Waals surface area (Å²) in [6.07, 6.45) is 3.58. The first-order valence-corrected chi connectivity index (χ1v) is 5.31. The lowest BCUT2D eigenvalue weighted by molar-refractivity contribution is -0.107. The van der Waals surface area contributed by atoms with E-state index in [9.17, 15) is 4.79 Å². The Balaban J connectivity index is 2.19. The van der Waals surface area contributed by atoms with Crippen LogP contribution < -0.4 is 0 Å². The van der Waals surface area contributed by atoms with Gasteiger partial charge in [0.1, 0.15) is 6.29 Å². The van der Waals surface area contributed by atoms with Crippen LogP contribution in [0, 0.1) is 0 Å². The summed E-state index contributed by atoms with van der Waals surface area (Å²) in [4.78, 5) is 10.2. The Morgan fingerprint density at radius 1 is 1.00 bits per heavy atom. The molecule has 0 radical (unpaired) electrons. The molecule has 1 nitrogen and oxygen atoms in total. The Labute approximate surface area is 89.7 Å². The van der Waals surface area contributed by atoms with Gasteiger partial charge in [0.25, 0.3) is 0 Å². The minimum Gasteiger partial charge on any atom is -0.303 e. The molecule has 2 aromatic rings. The van der Waals surface area contributed by atoms with E-state index in [4.69, 9.17) is 0 Å². The normalized spacial score (nSPS) is 10.4. The summed E-state index contributed by atoms with van der Waals surface area (Å²) in [6.45, 7) is 0. The largest absolute Gasteiger partial charge is 0.303 e. The minimum atomic E-state index is 0.660. The van der Waals surface area contributed by atoms with Gasteiger partial charge >= 0.3 is 0 Å². The van der Waals surface area contributed by atoms with Crippen molar-refractivity contribution in [3.8, 4) is 0 Å². The number of carbonyl (C=O) groups is 1. The number of carbonyl (C=O) groups excluding carboxylic acids is 1. The Bertz CT molecular complexity index is 460. The van der Waals surface area contributed by atoms with Crippen LogP contribution in [0.15, 0.2) is 42.5 Å². The van der Waals surface area contributed by atoms with Gasteiger partial charge in [-0.2, -0.15) is 0 Å². The van der Waals surface area contributed by atoms with Crippen LogP contribution in [0.5, 0.6) is 0 Å². The number of hydrogen-bond acceptors (Lipinski definition) is 1. The second-order valence-corrected chi connectivity index (χ2v) is 3.74. The van der Waals surface area contributed by atoms with Crippen LogP contribution in [0.2, 0.25) is 0 Å². The standard InChI is InChI=1S/C14H14O/c15-10-4-3-5-12-8-9-13-6-1-2-7-14(13)11-12/h1-2,6-11H,3-5H2. The molecular weight excluding hydrogens is 184 g/mol. The lowest BCUT2D eigenvalue weighted by atomic mass is 10.0. The summed E-state index contributed by atoms with van der Waals surface area (Å²) < 4.78 is 0. The van der Waals surface area contributed by atoms with Gasteiger partial charge < -0.3 is 4.79 Å². The SMILES string of the molecule is O=CCCCc1ccc2ccccc2c1. The molecule has 0 saturated carbocycles. The van der Waals surface area contributed by atoms with Crippen LogP contribution in [0.4, 0.5) is 0 Å². The van der Waals surface area contributed by atoms with Crippen molar-refractivity contribution in [1.82, 2.24) is 0 Å². The molecule has 1 heteroatoms. The van der Waals surface area contributed by atoms with E-state index in [1.807, 2.05) is 6.07 Å². The van der Waals surface area contributed by atoms with Crippen LogP contribution in [0.25, 0.3) is 10.8 Å². The van der Waals surface area contributed by atoms with Crippen LogP contribution in [-0.4, -0.2) is 6.29 Å². The summed E-state index contributed by atoms with van der Waals surface area (Å²) in [5, 5.41) is 2.55. The predicted molar refractivity (Wildman–Crippen MR) is 63.0 cm³/mol. The molecular formula is C14H14O. The summed E-state index contributed by atoms with van der Waals surface area (Å²) >= 11 is 0. The smallest absolute Gasteiger partial charge is 0.120 e. The zero-order chi connectivity index (χ0) is 10.5. The highest BCUT2D eigenvalue weighted by Crippen LogP contribution is 2.16. The number of aldehydes is 1. The van der Waals surface area contributed by atoms with Gasteiger partial charge in [0.15, 0.2) is 0 Å². The Kier molecular flexibility index (Phi) is 3.13. The quantitative estimate of drug-likeness (QED) is 0.544. The van der Waals surface area contributed by atoms with Crippen molar-refractivity contribution in [3.05, 3.63) is 48.0 Å². The first-order valence-electron chi connectivity index (χ1n) is 5.31. The van der Waals surface area contributed by atoms with Crippen molar-refractivity contribution in [2.24, 2.45) is 0 Å². The van der Waals surface area contributed by atoms with Crippen molar-refractivity contribution in [3.63, 3.8) is 0 Å². The highest BCUT2D eigenvalue weighted by atomic mass is 16.1. The van der Waals surface area contributed by atoms with Gasteiger partial charge in [-0.15, -0.1) is 0 Å². The Morgan fingerprint density at radius 2 is 1.80 bits per heavy atom. The van der Waals surface area contributed by atoms with E-state index in [-0.39, 0.29) is 0 Å². The fourth-order valence-electron chi connectivity index (χ4n) is 1.78. The Hall–Kier alpha value is -1.63. The number of hydrogen-bond donors (Lipinski definition) is 0. The van der Waals surface area contributed by atoms with Crippen molar-refractivity contribution in [2.45, 2.75) is 19.3 Å². The molecule has 0 aliphatic rings. The monoisotopic (exact) mass is 198 g/mol. The molecule has 0 fully saturated rings. The van der Waals surface area contributed by atoms with E-state index >= 15 is 0 Å². The van der Waals surface area contributed by atoms with Crippen molar-refractivity contribution >= 4 is 17.1 Å². The maximum absolute atomic E-state index is 10.2. The summed E-state index contributed by atoms with van der Waals surface area (Å²) in [5.74, 6) is 0.